The van der Waals surface area contributed by atoms with E-state index in [0.717, 1.165) is 25.7 Å². The maximum absolute atomic E-state index is 11.8. The number of unbranched alkanes of at least 4 members (excludes halogenated alkanes) is 7. The summed E-state index contributed by atoms with van der Waals surface area (Å²) in [6, 6.07) is 0. The summed E-state index contributed by atoms with van der Waals surface area (Å²) in [5, 5.41) is 0. The first kappa shape index (κ1) is 22.0. The Morgan fingerprint density at radius 3 is 2.09 bits per heavy atom. The normalized spacial score (nSPS) is 13.6. The van der Waals surface area contributed by atoms with Gasteiger partial charge in [-0.3, -0.25) is 0 Å². The molecule has 0 aromatic carbocycles. The van der Waals surface area contributed by atoms with Gasteiger partial charge in [0, 0.05) is 0 Å². The largest absolute Gasteiger partial charge is 0.508 e. The van der Waals surface area contributed by atoms with E-state index in [1.807, 2.05) is 6.08 Å². The summed E-state index contributed by atoms with van der Waals surface area (Å²) in [4.78, 5) is 11.8. The first-order valence-electron chi connectivity index (χ1n) is 9.47. The lowest BCUT2D eigenvalue weighted by Gasteiger charge is -2.26. The summed E-state index contributed by atoms with van der Waals surface area (Å²) in [5.41, 5.74) is 0. The molecule has 0 aliphatic carbocycles. The van der Waals surface area contributed by atoms with E-state index in [2.05, 4.69) is 34.3 Å². The van der Waals surface area contributed by atoms with Gasteiger partial charge in [0.15, 0.2) is 0 Å². The number of allylic oxidation sites excluding steroid dienone is 1. The third-order valence-corrected chi connectivity index (χ3v) is 4.37. The van der Waals surface area contributed by atoms with Crippen LogP contribution in [-0.4, -0.2) is 18.9 Å². The zero-order chi connectivity index (χ0) is 17.5. The summed E-state index contributed by atoms with van der Waals surface area (Å²) in [7, 11) is 0. The zero-order valence-corrected chi connectivity index (χ0v) is 15.8. The number of carbonyl (C=O) groups excluding carboxylic acids is 1. The molecule has 0 fully saturated rings. The Hall–Kier alpha value is -0.990. The van der Waals surface area contributed by atoms with E-state index in [-0.39, 0.29) is 6.10 Å². The second-order valence-corrected chi connectivity index (χ2v) is 6.86. The Bertz CT molecular complexity index is 299. The second-order valence-electron chi connectivity index (χ2n) is 6.86. The van der Waals surface area contributed by atoms with Crippen LogP contribution >= 0.6 is 0 Å². The van der Waals surface area contributed by atoms with Crippen LogP contribution < -0.4 is 0 Å². The fraction of sp³-hybridized carbons (Fsp3) is 0.850. The van der Waals surface area contributed by atoms with Crippen molar-refractivity contribution in [2.45, 2.75) is 91.6 Å². The molecular weight excluding hydrogens is 288 g/mol. The minimum absolute atomic E-state index is 0.0527. The molecule has 0 aromatic heterocycles. The van der Waals surface area contributed by atoms with Crippen LogP contribution in [0.2, 0.25) is 0 Å². The Morgan fingerprint density at radius 2 is 1.57 bits per heavy atom. The van der Waals surface area contributed by atoms with Crippen LogP contribution in [0.3, 0.4) is 0 Å². The molecule has 0 spiro atoms. The smallest absolute Gasteiger partial charge is 0.434 e. The molecule has 23 heavy (non-hydrogen) atoms. The molecule has 0 N–H and O–H groups in total. The summed E-state index contributed by atoms with van der Waals surface area (Å²) in [6.45, 7) is 12.6. The first-order valence-corrected chi connectivity index (χ1v) is 9.47. The third-order valence-electron chi connectivity index (χ3n) is 4.37. The van der Waals surface area contributed by atoms with Crippen LogP contribution in [0.5, 0.6) is 0 Å². The predicted molar refractivity (Wildman–Crippen MR) is 97.6 cm³/mol. The number of carbonyl (C=O) groups is 1. The molecular formula is C20H38O3. The SMILES string of the molecule is C=CCCCCCCCCCOC(=O)OC(C(C)C)C(C)CC. The van der Waals surface area contributed by atoms with Crippen LogP contribution in [-0.2, 0) is 9.47 Å². The predicted octanol–water partition coefficient (Wildman–Crippen LogP) is 6.52. The molecule has 0 rings (SSSR count). The fourth-order valence-electron chi connectivity index (χ4n) is 2.72. The van der Waals surface area contributed by atoms with Gasteiger partial charge in [-0.15, -0.1) is 6.58 Å². The van der Waals surface area contributed by atoms with Crippen molar-refractivity contribution >= 4 is 6.16 Å². The maximum atomic E-state index is 11.8. The van der Waals surface area contributed by atoms with E-state index in [9.17, 15) is 4.79 Å². The number of hydrogen-bond donors (Lipinski definition) is 0. The Kier molecular flexibility index (Phi) is 14.0. The lowest BCUT2D eigenvalue weighted by Crippen LogP contribution is -2.30. The van der Waals surface area contributed by atoms with E-state index in [0.29, 0.717) is 18.4 Å². The highest BCUT2D eigenvalue weighted by molar-refractivity contribution is 5.60. The van der Waals surface area contributed by atoms with Gasteiger partial charge in [0.25, 0.3) is 0 Å². The van der Waals surface area contributed by atoms with Crippen LogP contribution in [0.15, 0.2) is 12.7 Å². The molecule has 3 heteroatoms. The highest BCUT2D eigenvalue weighted by Gasteiger charge is 2.24. The Balaban J connectivity index is 3.61. The van der Waals surface area contributed by atoms with E-state index < -0.39 is 6.16 Å². The lowest BCUT2D eigenvalue weighted by atomic mass is 9.93. The molecule has 0 aliphatic rings. The van der Waals surface area contributed by atoms with E-state index >= 15 is 0 Å². The monoisotopic (exact) mass is 326 g/mol. The molecule has 2 unspecified atom stereocenters. The van der Waals surface area contributed by atoms with Crippen molar-refractivity contribution in [1.29, 1.82) is 0 Å². The Labute approximate surface area is 143 Å². The molecule has 0 amide bonds. The van der Waals surface area contributed by atoms with E-state index in [1.54, 1.807) is 0 Å². The summed E-state index contributed by atoms with van der Waals surface area (Å²) < 4.78 is 10.7. The van der Waals surface area contributed by atoms with Gasteiger partial charge in [-0.25, -0.2) is 4.79 Å². The van der Waals surface area contributed by atoms with Gasteiger partial charge >= 0.3 is 6.16 Å². The van der Waals surface area contributed by atoms with Gasteiger partial charge in [-0.1, -0.05) is 72.3 Å². The van der Waals surface area contributed by atoms with Crippen molar-refractivity contribution in [1.82, 2.24) is 0 Å². The number of rotatable bonds is 14. The van der Waals surface area contributed by atoms with E-state index in [1.165, 1.54) is 32.1 Å². The van der Waals surface area contributed by atoms with Crippen molar-refractivity contribution in [2.24, 2.45) is 11.8 Å². The van der Waals surface area contributed by atoms with Crippen molar-refractivity contribution in [3.8, 4) is 0 Å². The zero-order valence-electron chi connectivity index (χ0n) is 15.8. The standard InChI is InChI=1S/C20H38O3/c1-6-8-9-10-11-12-13-14-15-16-22-20(21)23-19(17(3)4)18(5)7-2/h6,17-19H,1,7-16H2,2-5H3. The quantitative estimate of drug-likeness (QED) is 0.207. The second kappa shape index (κ2) is 14.6. The van der Waals surface area contributed by atoms with Crippen molar-refractivity contribution in [3.63, 3.8) is 0 Å². The summed E-state index contributed by atoms with van der Waals surface area (Å²) in [6.07, 6.45) is 11.9. The summed E-state index contributed by atoms with van der Waals surface area (Å²) >= 11 is 0. The maximum Gasteiger partial charge on any atom is 0.508 e. The van der Waals surface area contributed by atoms with Crippen LogP contribution in [0.25, 0.3) is 0 Å². The number of ether oxygens (including phenoxy) is 2. The molecule has 0 heterocycles. The summed E-state index contributed by atoms with van der Waals surface area (Å²) in [5.74, 6) is 0.683. The van der Waals surface area contributed by atoms with Crippen molar-refractivity contribution < 1.29 is 14.3 Å². The molecule has 0 saturated carbocycles. The first-order chi connectivity index (χ1) is 11.0. The van der Waals surface area contributed by atoms with Gasteiger partial charge in [0.1, 0.15) is 6.10 Å². The Morgan fingerprint density at radius 1 is 1.00 bits per heavy atom. The molecule has 0 aromatic rings. The fourth-order valence-corrected chi connectivity index (χ4v) is 2.72. The molecule has 0 radical (unpaired) electrons. The van der Waals surface area contributed by atoms with Crippen molar-refractivity contribution in [2.75, 3.05) is 6.61 Å². The van der Waals surface area contributed by atoms with Gasteiger partial charge in [-0.05, 0) is 31.1 Å². The van der Waals surface area contributed by atoms with Crippen LogP contribution in [0.4, 0.5) is 4.79 Å². The lowest BCUT2D eigenvalue weighted by molar-refractivity contribution is -0.0148. The molecule has 3 nitrogen and oxygen atoms in total. The minimum Gasteiger partial charge on any atom is -0.434 e. The minimum atomic E-state index is -0.506. The average molecular weight is 327 g/mol. The number of hydrogen-bond acceptors (Lipinski definition) is 3. The molecule has 0 aliphatic heterocycles. The van der Waals surface area contributed by atoms with Crippen molar-refractivity contribution in [3.05, 3.63) is 12.7 Å². The highest BCUT2D eigenvalue weighted by atomic mass is 16.7. The average Bonchev–Trinajstić information content (AvgIpc) is 2.53. The molecule has 2 atom stereocenters. The third kappa shape index (κ3) is 12.1. The highest BCUT2D eigenvalue weighted by Crippen LogP contribution is 2.20. The van der Waals surface area contributed by atoms with Gasteiger partial charge in [-0.2, -0.15) is 0 Å². The van der Waals surface area contributed by atoms with Gasteiger partial charge in [0.2, 0.25) is 0 Å². The van der Waals surface area contributed by atoms with Gasteiger partial charge in [0.05, 0.1) is 6.61 Å². The van der Waals surface area contributed by atoms with Crippen LogP contribution in [0, 0.1) is 11.8 Å². The molecule has 0 bridgehead atoms. The molecule has 0 saturated heterocycles. The van der Waals surface area contributed by atoms with Crippen LogP contribution in [0.1, 0.15) is 85.5 Å². The van der Waals surface area contributed by atoms with E-state index in [4.69, 9.17) is 9.47 Å². The molecule has 136 valence electrons. The van der Waals surface area contributed by atoms with Gasteiger partial charge < -0.3 is 9.47 Å². The topological polar surface area (TPSA) is 35.5 Å².